The number of fused-ring (bicyclic) bond motifs is 1. The Morgan fingerprint density at radius 2 is 1.65 bits per heavy atom. The lowest BCUT2D eigenvalue weighted by atomic mass is 10.1. The van der Waals surface area contributed by atoms with Crippen LogP contribution < -0.4 is 5.56 Å². The number of rotatable bonds is 0. The van der Waals surface area contributed by atoms with Crippen molar-refractivity contribution < 1.29 is 0 Å². The van der Waals surface area contributed by atoms with Crippen LogP contribution in [0.25, 0.3) is 10.9 Å². The highest BCUT2D eigenvalue weighted by molar-refractivity contribution is 14.2. The van der Waals surface area contributed by atoms with Gasteiger partial charge < -0.3 is 4.98 Å². The number of hydrogen-bond acceptors (Lipinski definition) is 2. The molecule has 1 heterocycles. The molecule has 0 atom stereocenters. The maximum atomic E-state index is 11.2. The average Bonchev–Trinajstić information content (AvgIpc) is 2.44. The van der Waals surface area contributed by atoms with Crippen molar-refractivity contribution in [3.8, 4) is 0 Å². The number of nitrogens with zero attached hydrogens (tertiary/aromatic N) is 1. The van der Waals surface area contributed by atoms with E-state index in [0.717, 1.165) is 13.0 Å². The van der Waals surface area contributed by atoms with E-state index in [0.29, 0.717) is 5.39 Å². The third kappa shape index (κ3) is 8.89. The normalized spacial score (nSPS) is 8.65. The van der Waals surface area contributed by atoms with Crippen molar-refractivity contribution in [3.63, 3.8) is 0 Å². The van der Waals surface area contributed by atoms with E-state index in [2.05, 4.69) is 62.1 Å². The molecule has 2 aromatic rings. The van der Waals surface area contributed by atoms with Gasteiger partial charge in [-0.25, -0.2) is 4.98 Å². The molecule has 1 N–H and O–H groups in total. The van der Waals surface area contributed by atoms with Crippen LogP contribution in [0.3, 0.4) is 0 Å². The Morgan fingerprint density at radius 1 is 1.15 bits per heavy atom. The van der Waals surface area contributed by atoms with E-state index in [4.69, 9.17) is 0 Å². The van der Waals surface area contributed by atoms with Crippen molar-refractivity contribution in [2.45, 2.75) is 43.5 Å². The minimum Gasteiger partial charge on any atom is -0.313 e. The second kappa shape index (κ2) is 13.8. The summed E-state index contributed by atoms with van der Waals surface area (Å²) in [4.78, 5) is 17.9. The molecule has 0 radical (unpaired) electrons. The van der Waals surface area contributed by atoms with Gasteiger partial charge in [-0.15, -0.1) is 0 Å². The standard InChI is InChI=1S/C9H8N2O.C2H4I2.2C2H6/c1-6-3-2-4-7-8(6)10-5-11-9(7)12;1-2(3)4;2*1-2/h2-5H,1H3,(H,10,11,12);2H,1H3;2*1-2H3. The number of halogens is 2. The van der Waals surface area contributed by atoms with E-state index in [1.54, 1.807) is 6.07 Å². The Labute approximate surface area is 149 Å². The van der Waals surface area contributed by atoms with E-state index in [1.807, 2.05) is 46.8 Å². The zero-order valence-corrected chi connectivity index (χ0v) is 17.3. The zero-order chi connectivity index (χ0) is 16.1. The van der Waals surface area contributed by atoms with E-state index < -0.39 is 0 Å². The van der Waals surface area contributed by atoms with Crippen LogP contribution in [0.15, 0.2) is 29.3 Å². The molecular formula is C15H24I2N2O. The van der Waals surface area contributed by atoms with Crippen molar-refractivity contribution in [1.29, 1.82) is 0 Å². The highest BCUT2D eigenvalue weighted by Crippen LogP contribution is 2.09. The molecule has 0 saturated carbocycles. The molecule has 0 unspecified atom stereocenters. The molecule has 20 heavy (non-hydrogen) atoms. The fourth-order valence-electron chi connectivity index (χ4n) is 1.25. The third-order valence-corrected chi connectivity index (χ3v) is 1.87. The van der Waals surface area contributed by atoms with Gasteiger partial charge in [0, 0.05) is 0 Å². The van der Waals surface area contributed by atoms with E-state index in [-0.39, 0.29) is 5.56 Å². The summed E-state index contributed by atoms with van der Waals surface area (Å²) in [7, 11) is 0. The number of nitrogens with one attached hydrogen (secondary N) is 1. The molecule has 0 fully saturated rings. The summed E-state index contributed by atoms with van der Waals surface area (Å²) in [5, 5.41) is 0.650. The largest absolute Gasteiger partial charge is 0.313 e. The van der Waals surface area contributed by atoms with Crippen molar-refractivity contribution in [2.75, 3.05) is 0 Å². The number of aryl methyl sites for hydroxylation is 1. The molecule has 0 amide bonds. The number of aromatic nitrogens is 2. The van der Waals surface area contributed by atoms with Crippen LogP contribution >= 0.6 is 45.2 Å². The first kappa shape index (κ1) is 22.1. The fraction of sp³-hybridized carbons (Fsp3) is 0.467. The molecule has 1 aromatic carbocycles. The molecule has 0 spiro atoms. The Bertz CT molecular complexity index is 522. The van der Waals surface area contributed by atoms with Gasteiger partial charge in [-0.05, 0) is 25.5 Å². The van der Waals surface area contributed by atoms with E-state index in [1.165, 1.54) is 6.33 Å². The van der Waals surface area contributed by atoms with Crippen molar-refractivity contribution in [3.05, 3.63) is 40.4 Å². The van der Waals surface area contributed by atoms with Crippen LogP contribution in [-0.2, 0) is 0 Å². The molecule has 0 aliphatic heterocycles. The van der Waals surface area contributed by atoms with Gasteiger partial charge in [0.1, 0.15) is 0 Å². The fourth-order valence-corrected chi connectivity index (χ4v) is 1.25. The topological polar surface area (TPSA) is 45.8 Å². The number of benzene rings is 1. The van der Waals surface area contributed by atoms with Gasteiger partial charge in [0.05, 0.1) is 19.2 Å². The first-order valence-corrected chi connectivity index (χ1v) is 9.22. The highest BCUT2D eigenvalue weighted by atomic mass is 127. The lowest BCUT2D eigenvalue weighted by molar-refractivity contribution is 1.16. The summed E-state index contributed by atoms with van der Waals surface area (Å²) in [5.41, 5.74) is 1.73. The monoisotopic (exact) mass is 502 g/mol. The molecule has 0 aliphatic rings. The lowest BCUT2D eigenvalue weighted by Gasteiger charge is -1.97. The number of para-hydroxylation sites is 1. The van der Waals surface area contributed by atoms with Crippen LogP contribution in [-0.4, -0.2) is 11.9 Å². The Morgan fingerprint density at radius 3 is 2.10 bits per heavy atom. The predicted molar refractivity (Wildman–Crippen MR) is 107 cm³/mol. The Hall–Kier alpha value is -0.180. The minimum absolute atomic E-state index is 0.0799. The van der Waals surface area contributed by atoms with Gasteiger partial charge in [0.15, 0.2) is 0 Å². The van der Waals surface area contributed by atoms with Gasteiger partial charge in [-0.3, -0.25) is 4.79 Å². The van der Waals surface area contributed by atoms with Gasteiger partial charge in [-0.1, -0.05) is 85.0 Å². The van der Waals surface area contributed by atoms with Gasteiger partial charge in [-0.2, -0.15) is 0 Å². The number of aromatic amines is 1. The molecule has 3 nitrogen and oxygen atoms in total. The van der Waals surface area contributed by atoms with Crippen LogP contribution in [0.1, 0.15) is 40.2 Å². The molecule has 0 aliphatic carbocycles. The zero-order valence-electron chi connectivity index (χ0n) is 13.0. The first-order valence-electron chi connectivity index (χ1n) is 6.73. The number of alkyl halides is 2. The van der Waals surface area contributed by atoms with E-state index in [9.17, 15) is 4.79 Å². The van der Waals surface area contributed by atoms with Crippen molar-refractivity contribution >= 4 is 56.1 Å². The first-order chi connectivity index (χ1) is 9.52. The van der Waals surface area contributed by atoms with E-state index >= 15 is 0 Å². The van der Waals surface area contributed by atoms with Crippen LogP contribution in [0, 0.1) is 6.92 Å². The maximum Gasteiger partial charge on any atom is 0.258 e. The lowest BCUT2D eigenvalue weighted by Crippen LogP contribution is -2.06. The molecule has 114 valence electrons. The number of hydrogen-bond donors (Lipinski definition) is 1. The van der Waals surface area contributed by atoms with Gasteiger partial charge in [0.25, 0.3) is 5.56 Å². The second-order valence-corrected chi connectivity index (χ2v) is 9.34. The summed E-state index contributed by atoms with van der Waals surface area (Å²) in [5.74, 6) is 0. The molecular weight excluding hydrogens is 478 g/mol. The number of H-pyrrole nitrogens is 1. The second-order valence-electron chi connectivity index (χ2n) is 3.22. The summed E-state index contributed by atoms with van der Waals surface area (Å²) in [6, 6.07) is 5.57. The quantitative estimate of drug-likeness (QED) is 0.383. The summed E-state index contributed by atoms with van der Waals surface area (Å²) in [6.45, 7) is 12.1. The van der Waals surface area contributed by atoms with Gasteiger partial charge in [0.2, 0.25) is 0 Å². The van der Waals surface area contributed by atoms with Crippen LogP contribution in [0.2, 0.25) is 0 Å². The predicted octanol–water partition coefficient (Wildman–Crippen LogP) is 5.49. The summed E-state index contributed by atoms with van der Waals surface area (Å²) in [6.07, 6.45) is 1.43. The highest BCUT2D eigenvalue weighted by Gasteiger charge is 1.99. The summed E-state index contributed by atoms with van der Waals surface area (Å²) >= 11 is 4.66. The van der Waals surface area contributed by atoms with Gasteiger partial charge >= 0.3 is 0 Å². The smallest absolute Gasteiger partial charge is 0.258 e. The Balaban J connectivity index is 0. The third-order valence-electron chi connectivity index (χ3n) is 1.87. The minimum atomic E-state index is -0.0799. The van der Waals surface area contributed by atoms with Crippen molar-refractivity contribution in [2.24, 2.45) is 0 Å². The summed E-state index contributed by atoms with van der Waals surface area (Å²) < 4.78 is 0.773. The molecule has 5 heteroatoms. The van der Waals surface area contributed by atoms with Crippen molar-refractivity contribution in [1.82, 2.24) is 9.97 Å². The SMILES string of the molecule is CC.CC.CC(I)I.Cc1cccc2c(=O)[nH]cnc12. The van der Waals surface area contributed by atoms with Crippen LogP contribution in [0.4, 0.5) is 0 Å². The molecule has 2 rings (SSSR count). The molecule has 0 bridgehead atoms. The maximum absolute atomic E-state index is 11.2. The molecule has 0 saturated heterocycles. The Kier molecular flexibility index (Phi) is 15.2. The van der Waals surface area contributed by atoms with Crippen LogP contribution in [0.5, 0.6) is 0 Å². The molecule has 1 aromatic heterocycles. The average molecular weight is 502 g/mol.